The number of para-hydroxylation sites is 1. The third-order valence-corrected chi connectivity index (χ3v) is 4.95. The number of hydrogen-bond donors (Lipinski definition) is 2. The lowest BCUT2D eigenvalue weighted by Gasteiger charge is -2.18. The van der Waals surface area contributed by atoms with Crippen molar-refractivity contribution in [2.24, 2.45) is 4.99 Å². The summed E-state index contributed by atoms with van der Waals surface area (Å²) in [5.41, 5.74) is 1.68. The Labute approximate surface area is 178 Å². The van der Waals surface area contributed by atoms with E-state index in [4.69, 9.17) is 16.1 Å². The lowest BCUT2D eigenvalue weighted by Crippen LogP contribution is -2.44. The lowest BCUT2D eigenvalue weighted by molar-refractivity contribution is -0.117. The zero-order valence-electron chi connectivity index (χ0n) is 16.4. The molecular weight excluding hydrogens is 404 g/mol. The van der Waals surface area contributed by atoms with Crippen molar-refractivity contribution in [3.05, 3.63) is 65.5 Å². The summed E-state index contributed by atoms with van der Waals surface area (Å²) in [6.07, 6.45) is 0.398. The van der Waals surface area contributed by atoms with E-state index >= 15 is 0 Å². The van der Waals surface area contributed by atoms with Crippen molar-refractivity contribution in [1.29, 1.82) is 0 Å². The molecule has 2 heterocycles. The highest BCUT2D eigenvalue weighted by molar-refractivity contribution is 6.30. The molecule has 0 aliphatic carbocycles. The van der Waals surface area contributed by atoms with Crippen molar-refractivity contribution in [3.63, 3.8) is 0 Å². The molecule has 1 amide bonds. The Morgan fingerprint density at radius 3 is 2.87 bits per heavy atom. The van der Waals surface area contributed by atoms with Crippen LogP contribution in [-0.4, -0.2) is 41.6 Å². The Kier molecular flexibility index (Phi) is 5.94. The van der Waals surface area contributed by atoms with Crippen LogP contribution in [0, 0.1) is 0 Å². The highest BCUT2D eigenvalue weighted by Gasteiger charge is 2.31. The maximum Gasteiger partial charge on any atom is 0.246 e. The molecule has 9 heteroatoms. The second-order valence-corrected chi connectivity index (χ2v) is 7.27. The molecule has 154 valence electrons. The number of halogens is 1. The van der Waals surface area contributed by atoms with Gasteiger partial charge < -0.3 is 20.1 Å². The van der Waals surface area contributed by atoms with Crippen LogP contribution in [0.5, 0.6) is 0 Å². The van der Waals surface area contributed by atoms with Crippen LogP contribution in [0.1, 0.15) is 12.3 Å². The number of carbonyl (C=O) groups is 1. The number of guanidine groups is 1. The summed E-state index contributed by atoms with van der Waals surface area (Å²) in [6, 6.07) is 16.9. The zero-order valence-corrected chi connectivity index (χ0v) is 17.1. The fourth-order valence-corrected chi connectivity index (χ4v) is 3.47. The number of benzene rings is 2. The molecule has 1 aliphatic rings. The topological polar surface area (TPSA) is 95.6 Å². The molecule has 2 aromatic carbocycles. The number of aromatic nitrogens is 2. The number of hydrogen-bond acceptors (Lipinski definition) is 5. The average Bonchev–Trinajstić information content (AvgIpc) is 3.38. The quantitative estimate of drug-likeness (QED) is 0.483. The Bertz CT molecular complexity index is 1050. The maximum atomic E-state index is 12.4. The molecule has 1 atom stereocenters. The summed E-state index contributed by atoms with van der Waals surface area (Å²) in [6.45, 7) is 0.874. The molecule has 1 fully saturated rings. The summed E-state index contributed by atoms with van der Waals surface area (Å²) < 4.78 is 5.30. The summed E-state index contributed by atoms with van der Waals surface area (Å²) in [5, 5.41) is 11.0. The molecular formula is C21H21ClN6O2. The van der Waals surface area contributed by atoms with Gasteiger partial charge in [-0.3, -0.25) is 9.79 Å². The third-order valence-electron chi connectivity index (χ3n) is 4.72. The second-order valence-electron chi connectivity index (χ2n) is 6.83. The number of nitrogens with zero attached hydrogens (tertiary/aromatic N) is 4. The van der Waals surface area contributed by atoms with Gasteiger partial charge in [-0.05, 0) is 24.3 Å². The first-order valence-corrected chi connectivity index (χ1v) is 9.91. The molecule has 0 radical (unpaired) electrons. The van der Waals surface area contributed by atoms with E-state index in [9.17, 15) is 4.79 Å². The molecule has 0 bridgehead atoms. The number of aliphatic imine (C=N–C) groups is 1. The van der Waals surface area contributed by atoms with Crippen molar-refractivity contribution >= 4 is 29.2 Å². The normalized spacial score (nSPS) is 16.7. The summed E-state index contributed by atoms with van der Waals surface area (Å²) in [4.78, 5) is 22.8. The van der Waals surface area contributed by atoms with Crippen molar-refractivity contribution < 1.29 is 9.32 Å². The zero-order chi connectivity index (χ0) is 20.9. The summed E-state index contributed by atoms with van der Waals surface area (Å²) in [7, 11) is 1.67. The van der Waals surface area contributed by atoms with Crippen molar-refractivity contribution in [3.8, 4) is 11.4 Å². The maximum absolute atomic E-state index is 12.4. The Morgan fingerprint density at radius 2 is 2.10 bits per heavy atom. The largest absolute Gasteiger partial charge is 0.351 e. The van der Waals surface area contributed by atoms with Gasteiger partial charge in [-0.2, -0.15) is 4.98 Å². The second kappa shape index (κ2) is 8.96. The van der Waals surface area contributed by atoms with Crippen LogP contribution >= 0.6 is 11.6 Å². The fraction of sp³-hybridized carbons (Fsp3) is 0.238. The highest BCUT2D eigenvalue weighted by atomic mass is 35.5. The summed E-state index contributed by atoms with van der Waals surface area (Å²) in [5.74, 6) is 1.53. The van der Waals surface area contributed by atoms with Crippen molar-refractivity contribution in [2.45, 2.75) is 19.0 Å². The van der Waals surface area contributed by atoms with Crippen LogP contribution in [0.4, 0.5) is 5.69 Å². The minimum atomic E-state index is -0.0476. The predicted octanol–water partition coefficient (Wildman–Crippen LogP) is 2.86. The molecule has 1 unspecified atom stereocenters. The van der Waals surface area contributed by atoms with E-state index in [1.807, 2.05) is 42.5 Å². The van der Waals surface area contributed by atoms with Crippen LogP contribution in [-0.2, 0) is 11.3 Å². The molecule has 0 saturated carbocycles. The van der Waals surface area contributed by atoms with Gasteiger partial charge in [0.1, 0.15) is 0 Å². The molecule has 1 saturated heterocycles. The first-order chi connectivity index (χ1) is 14.6. The monoisotopic (exact) mass is 424 g/mol. The number of anilines is 1. The molecule has 3 aromatic rings. The van der Waals surface area contributed by atoms with Gasteiger partial charge in [-0.25, -0.2) is 0 Å². The molecule has 1 aromatic heterocycles. The lowest BCUT2D eigenvalue weighted by atomic mass is 10.2. The van der Waals surface area contributed by atoms with Crippen molar-refractivity contribution in [2.75, 3.05) is 18.5 Å². The molecule has 2 N–H and O–H groups in total. The van der Waals surface area contributed by atoms with E-state index in [1.165, 1.54) is 0 Å². The van der Waals surface area contributed by atoms with Gasteiger partial charge >= 0.3 is 0 Å². The van der Waals surface area contributed by atoms with Crippen LogP contribution in [0.2, 0.25) is 5.02 Å². The van der Waals surface area contributed by atoms with Gasteiger partial charge in [0.05, 0.1) is 12.6 Å². The smallest absolute Gasteiger partial charge is 0.246 e. The standard InChI is InChI=1S/C21H21ClN6O2/c1-23-21(25-16-11-19(29)28(13-16)17-8-3-2-4-9-17)24-12-18-26-20(27-30-18)14-6-5-7-15(22)10-14/h2-10,16H,11-13H2,1H3,(H2,23,24,25). The molecule has 8 nitrogen and oxygen atoms in total. The first kappa shape index (κ1) is 19.9. The van der Waals surface area contributed by atoms with Gasteiger partial charge in [-0.1, -0.05) is 47.1 Å². The minimum Gasteiger partial charge on any atom is -0.351 e. The van der Waals surface area contributed by atoms with Crippen LogP contribution in [0.3, 0.4) is 0 Å². The molecule has 4 rings (SSSR count). The predicted molar refractivity (Wildman–Crippen MR) is 115 cm³/mol. The number of nitrogens with one attached hydrogen (secondary N) is 2. The van der Waals surface area contributed by atoms with E-state index in [1.54, 1.807) is 24.1 Å². The Morgan fingerprint density at radius 1 is 1.27 bits per heavy atom. The van der Waals surface area contributed by atoms with Crippen molar-refractivity contribution in [1.82, 2.24) is 20.8 Å². The highest BCUT2D eigenvalue weighted by Crippen LogP contribution is 2.21. The number of amides is 1. The molecule has 1 aliphatic heterocycles. The third kappa shape index (κ3) is 4.60. The van der Waals surface area contributed by atoms with Gasteiger partial charge in [-0.15, -0.1) is 0 Å². The molecule has 30 heavy (non-hydrogen) atoms. The van der Waals surface area contributed by atoms with E-state index in [2.05, 4.69) is 25.8 Å². The van der Waals surface area contributed by atoms with E-state index < -0.39 is 0 Å². The number of rotatable bonds is 5. The fourth-order valence-electron chi connectivity index (χ4n) is 3.28. The van der Waals surface area contributed by atoms with Gasteiger partial charge in [0, 0.05) is 36.3 Å². The van der Waals surface area contributed by atoms with Gasteiger partial charge in [0.25, 0.3) is 0 Å². The van der Waals surface area contributed by atoms with E-state index in [-0.39, 0.29) is 11.9 Å². The SMILES string of the molecule is CN=C(NCc1nc(-c2cccc(Cl)c2)no1)NC1CC(=O)N(c2ccccc2)C1. The average molecular weight is 425 g/mol. The van der Waals surface area contributed by atoms with Crippen LogP contribution in [0.15, 0.2) is 64.1 Å². The first-order valence-electron chi connectivity index (χ1n) is 9.53. The van der Waals surface area contributed by atoms with Gasteiger partial charge in [0.15, 0.2) is 5.96 Å². The number of carbonyl (C=O) groups excluding carboxylic acids is 1. The minimum absolute atomic E-state index is 0.0476. The summed E-state index contributed by atoms with van der Waals surface area (Å²) >= 11 is 6.01. The van der Waals surface area contributed by atoms with Crippen LogP contribution in [0.25, 0.3) is 11.4 Å². The van der Waals surface area contributed by atoms with Crippen LogP contribution < -0.4 is 15.5 Å². The van der Waals surface area contributed by atoms with Gasteiger partial charge in [0.2, 0.25) is 17.6 Å². The molecule has 0 spiro atoms. The Balaban J connectivity index is 1.33. The van der Waals surface area contributed by atoms with E-state index in [0.717, 1.165) is 11.3 Å². The van der Waals surface area contributed by atoms with E-state index in [0.29, 0.717) is 42.2 Å². The Hall–Kier alpha value is -3.39.